The van der Waals surface area contributed by atoms with Crippen LogP contribution < -0.4 is 10.3 Å². The molecule has 0 aliphatic carbocycles. The number of nitrogens with zero attached hydrogens (tertiary/aromatic N) is 2. The summed E-state index contributed by atoms with van der Waals surface area (Å²) in [6.07, 6.45) is 1.29. The summed E-state index contributed by atoms with van der Waals surface area (Å²) in [4.78, 5) is 28.4. The van der Waals surface area contributed by atoms with Crippen molar-refractivity contribution in [1.82, 2.24) is 9.55 Å². The van der Waals surface area contributed by atoms with Crippen molar-refractivity contribution in [1.29, 1.82) is 0 Å². The van der Waals surface area contributed by atoms with Crippen molar-refractivity contribution in [2.24, 2.45) is 0 Å². The molecular weight excluding hydrogens is 328 g/mol. The number of hydrogen-bond acceptors (Lipinski definition) is 5. The van der Waals surface area contributed by atoms with Crippen LogP contribution in [0.15, 0.2) is 34.7 Å². The van der Waals surface area contributed by atoms with Crippen molar-refractivity contribution in [2.75, 3.05) is 7.11 Å². The summed E-state index contributed by atoms with van der Waals surface area (Å²) in [5, 5.41) is 11.2. The lowest BCUT2D eigenvalue weighted by Crippen LogP contribution is -2.21. The third-order valence-corrected chi connectivity index (χ3v) is 4.72. The topological polar surface area (TPSA) is 81.4 Å². The highest BCUT2D eigenvalue weighted by molar-refractivity contribution is 7.17. The van der Waals surface area contributed by atoms with Crippen LogP contribution in [-0.4, -0.2) is 27.7 Å². The number of ether oxygens (including phenoxy) is 1. The van der Waals surface area contributed by atoms with E-state index in [-0.39, 0.29) is 18.5 Å². The SMILES string of the molecule is COc1ccc(-c2csc3ncn(CCC(=O)O)c(=O)c23)cc1C. The first kappa shape index (κ1) is 16.2. The minimum Gasteiger partial charge on any atom is -0.496 e. The van der Waals surface area contributed by atoms with Crippen molar-refractivity contribution in [3.63, 3.8) is 0 Å². The van der Waals surface area contributed by atoms with Crippen LogP contribution in [0.4, 0.5) is 0 Å². The molecule has 0 bridgehead atoms. The summed E-state index contributed by atoms with van der Waals surface area (Å²) in [7, 11) is 1.62. The lowest BCUT2D eigenvalue weighted by Gasteiger charge is -2.07. The third-order valence-electron chi connectivity index (χ3n) is 3.83. The number of methoxy groups -OCH3 is 1. The minimum absolute atomic E-state index is 0.105. The van der Waals surface area contributed by atoms with Crippen LogP contribution in [0.1, 0.15) is 12.0 Å². The van der Waals surface area contributed by atoms with E-state index in [2.05, 4.69) is 4.98 Å². The average molecular weight is 344 g/mol. The van der Waals surface area contributed by atoms with E-state index in [9.17, 15) is 9.59 Å². The van der Waals surface area contributed by atoms with Gasteiger partial charge in [0.15, 0.2) is 0 Å². The molecule has 1 N–H and O–H groups in total. The Kier molecular flexibility index (Phi) is 4.35. The maximum atomic E-state index is 12.7. The lowest BCUT2D eigenvalue weighted by atomic mass is 10.0. The first-order chi connectivity index (χ1) is 11.5. The van der Waals surface area contributed by atoms with E-state index in [1.54, 1.807) is 7.11 Å². The molecule has 2 aromatic heterocycles. The summed E-state index contributed by atoms with van der Waals surface area (Å²) < 4.78 is 6.62. The van der Waals surface area contributed by atoms with Crippen molar-refractivity contribution in [3.05, 3.63) is 45.8 Å². The van der Waals surface area contributed by atoms with Crippen molar-refractivity contribution >= 4 is 27.5 Å². The fourth-order valence-corrected chi connectivity index (χ4v) is 3.51. The molecular formula is C17H16N2O4S. The minimum atomic E-state index is -0.946. The predicted octanol–water partition coefficient (Wildman–Crippen LogP) is 2.92. The van der Waals surface area contributed by atoms with Crippen LogP contribution in [0, 0.1) is 6.92 Å². The quantitative estimate of drug-likeness (QED) is 0.769. The summed E-state index contributed by atoms with van der Waals surface area (Å²) in [5.74, 6) is -0.159. The number of rotatable bonds is 5. The van der Waals surface area contributed by atoms with Crippen molar-refractivity contribution in [3.8, 4) is 16.9 Å². The standard InChI is InChI=1S/C17H16N2O4S/c1-10-7-11(3-4-13(10)23-2)12-8-24-16-15(12)17(22)19(9-18-16)6-5-14(20)21/h3-4,7-9H,5-6H2,1-2H3,(H,20,21). The predicted molar refractivity (Wildman–Crippen MR) is 92.9 cm³/mol. The maximum Gasteiger partial charge on any atom is 0.305 e. The molecule has 0 spiro atoms. The summed E-state index contributed by atoms with van der Waals surface area (Å²) in [6.45, 7) is 2.05. The van der Waals surface area contributed by atoms with E-state index in [1.807, 2.05) is 30.5 Å². The van der Waals surface area contributed by atoms with Gasteiger partial charge >= 0.3 is 5.97 Å². The average Bonchev–Trinajstić information content (AvgIpc) is 2.99. The summed E-state index contributed by atoms with van der Waals surface area (Å²) in [5.41, 5.74) is 2.48. The number of carbonyl (C=O) groups is 1. The van der Waals surface area contributed by atoms with Gasteiger partial charge in [0.25, 0.3) is 5.56 Å². The molecule has 7 heteroatoms. The highest BCUT2D eigenvalue weighted by Gasteiger charge is 2.14. The fourth-order valence-electron chi connectivity index (χ4n) is 2.60. The molecule has 3 aromatic rings. The van der Waals surface area contributed by atoms with E-state index in [4.69, 9.17) is 9.84 Å². The van der Waals surface area contributed by atoms with Crippen LogP contribution in [0.3, 0.4) is 0 Å². The lowest BCUT2D eigenvalue weighted by molar-refractivity contribution is -0.137. The molecule has 0 radical (unpaired) electrons. The smallest absolute Gasteiger partial charge is 0.305 e. The van der Waals surface area contributed by atoms with E-state index in [0.29, 0.717) is 10.2 Å². The van der Waals surface area contributed by atoms with Gasteiger partial charge in [0.05, 0.1) is 25.2 Å². The zero-order chi connectivity index (χ0) is 17.3. The zero-order valence-corrected chi connectivity index (χ0v) is 14.1. The third kappa shape index (κ3) is 2.90. The molecule has 1 aromatic carbocycles. The van der Waals surface area contributed by atoms with Crippen molar-refractivity contribution < 1.29 is 14.6 Å². The van der Waals surface area contributed by atoms with Crippen molar-refractivity contribution in [2.45, 2.75) is 19.9 Å². The van der Waals surface area contributed by atoms with Gasteiger partial charge in [0.1, 0.15) is 10.6 Å². The molecule has 6 nitrogen and oxygen atoms in total. The van der Waals surface area contributed by atoms with Crippen LogP contribution in [0.25, 0.3) is 21.3 Å². The van der Waals surface area contributed by atoms with Crippen LogP contribution in [0.2, 0.25) is 0 Å². The van der Waals surface area contributed by atoms with Gasteiger partial charge in [-0.15, -0.1) is 11.3 Å². The Morgan fingerprint density at radius 1 is 1.42 bits per heavy atom. The Hall–Kier alpha value is -2.67. The summed E-state index contributed by atoms with van der Waals surface area (Å²) in [6, 6.07) is 5.74. The second-order valence-corrected chi connectivity index (χ2v) is 6.26. The monoisotopic (exact) mass is 344 g/mol. The van der Waals surface area contributed by atoms with Gasteiger partial charge in [-0.05, 0) is 30.2 Å². The Balaban J connectivity index is 2.12. The Labute approximate surface area is 142 Å². The fraction of sp³-hybridized carbons (Fsp3) is 0.235. The second kappa shape index (κ2) is 6.45. The molecule has 2 heterocycles. The molecule has 0 atom stereocenters. The molecule has 0 aliphatic rings. The Morgan fingerprint density at radius 2 is 2.21 bits per heavy atom. The Morgan fingerprint density at radius 3 is 2.88 bits per heavy atom. The number of benzene rings is 1. The summed E-state index contributed by atoms with van der Waals surface area (Å²) >= 11 is 1.40. The molecule has 0 amide bonds. The first-order valence-electron chi connectivity index (χ1n) is 7.34. The number of thiophene rings is 1. The van der Waals surface area contributed by atoms with Gasteiger partial charge in [-0.1, -0.05) is 6.07 Å². The molecule has 3 rings (SSSR count). The number of carboxylic acids is 1. The number of aryl methyl sites for hydroxylation is 2. The molecule has 24 heavy (non-hydrogen) atoms. The zero-order valence-electron chi connectivity index (χ0n) is 13.3. The molecule has 0 unspecified atom stereocenters. The second-order valence-electron chi connectivity index (χ2n) is 5.40. The van der Waals surface area contributed by atoms with Gasteiger partial charge in [0.2, 0.25) is 0 Å². The number of carboxylic acid groups (broad SMARTS) is 1. The number of aliphatic carboxylic acids is 1. The van der Waals surface area contributed by atoms with Crippen LogP contribution in [-0.2, 0) is 11.3 Å². The largest absolute Gasteiger partial charge is 0.496 e. The van der Waals surface area contributed by atoms with E-state index in [0.717, 1.165) is 22.4 Å². The van der Waals surface area contributed by atoms with Gasteiger partial charge in [-0.3, -0.25) is 14.2 Å². The number of hydrogen-bond donors (Lipinski definition) is 1. The number of fused-ring (bicyclic) bond motifs is 1. The highest BCUT2D eigenvalue weighted by atomic mass is 32.1. The Bertz CT molecular complexity index is 974. The van der Waals surface area contributed by atoms with E-state index in [1.165, 1.54) is 22.2 Å². The van der Waals surface area contributed by atoms with Gasteiger partial charge in [0, 0.05) is 17.5 Å². The highest BCUT2D eigenvalue weighted by Crippen LogP contribution is 2.33. The molecule has 0 saturated heterocycles. The van der Waals surface area contributed by atoms with E-state index < -0.39 is 5.97 Å². The maximum absolute atomic E-state index is 12.7. The van der Waals surface area contributed by atoms with Gasteiger partial charge < -0.3 is 9.84 Å². The molecule has 0 saturated carbocycles. The van der Waals surface area contributed by atoms with Gasteiger partial charge in [-0.2, -0.15) is 0 Å². The molecule has 0 fully saturated rings. The normalized spacial score (nSPS) is 10.9. The number of aromatic nitrogens is 2. The molecule has 0 aliphatic heterocycles. The first-order valence-corrected chi connectivity index (χ1v) is 8.22. The van der Waals surface area contributed by atoms with Gasteiger partial charge in [-0.25, -0.2) is 4.98 Å². The van der Waals surface area contributed by atoms with E-state index >= 15 is 0 Å². The molecule has 124 valence electrons. The van der Waals surface area contributed by atoms with Crippen LogP contribution >= 0.6 is 11.3 Å². The van der Waals surface area contributed by atoms with Crippen LogP contribution in [0.5, 0.6) is 5.75 Å².